The summed E-state index contributed by atoms with van der Waals surface area (Å²) in [7, 11) is -4.16. The standard InChI is InChI=1S/C27H29Cl2NO6S/c1-2-35-20-5-3-19(4-6-20)30-37(33,34)24-10-21(22(28)11-23(24)29)26(32)36-15-25(31)27-12-16-7-17(13-27)9-18(8-16)14-27/h3-6,10-11,16-18,30H,2,7-9,12-15H2,1H3. The molecule has 2 aromatic rings. The Balaban J connectivity index is 1.29. The Bertz CT molecular complexity index is 1290. The van der Waals surface area contributed by atoms with Crippen LogP contribution < -0.4 is 9.46 Å². The predicted octanol–water partition coefficient (Wildman–Crippen LogP) is 6.14. The molecule has 0 radical (unpaired) electrons. The predicted molar refractivity (Wildman–Crippen MR) is 141 cm³/mol. The molecule has 37 heavy (non-hydrogen) atoms. The fraction of sp³-hybridized carbons (Fsp3) is 0.481. The molecule has 10 heteroatoms. The third kappa shape index (κ3) is 5.33. The fourth-order valence-electron chi connectivity index (χ4n) is 6.70. The molecule has 4 aliphatic carbocycles. The fourth-order valence-corrected chi connectivity index (χ4v) is 8.61. The van der Waals surface area contributed by atoms with Gasteiger partial charge in [-0.3, -0.25) is 9.52 Å². The smallest absolute Gasteiger partial charge is 0.340 e. The van der Waals surface area contributed by atoms with Crippen molar-refractivity contribution in [1.82, 2.24) is 0 Å². The van der Waals surface area contributed by atoms with Gasteiger partial charge in [0.05, 0.1) is 22.2 Å². The van der Waals surface area contributed by atoms with Gasteiger partial charge in [0.25, 0.3) is 10.0 Å². The number of carbonyl (C=O) groups excluding carboxylic acids is 2. The molecule has 4 saturated carbocycles. The van der Waals surface area contributed by atoms with Gasteiger partial charge in [0.2, 0.25) is 0 Å². The van der Waals surface area contributed by atoms with Crippen LogP contribution in [0.1, 0.15) is 55.8 Å². The number of anilines is 1. The first-order valence-corrected chi connectivity index (χ1v) is 14.8. The van der Waals surface area contributed by atoms with Crippen LogP contribution in [-0.4, -0.2) is 33.4 Å². The summed E-state index contributed by atoms with van der Waals surface area (Å²) in [5.74, 6) is 1.46. The average Bonchev–Trinajstić information content (AvgIpc) is 2.82. The molecule has 0 saturated heterocycles. The molecule has 4 bridgehead atoms. The maximum atomic E-state index is 13.2. The highest BCUT2D eigenvalue weighted by molar-refractivity contribution is 7.92. The number of ether oxygens (including phenoxy) is 2. The molecule has 0 aliphatic heterocycles. The van der Waals surface area contributed by atoms with Crippen LogP contribution in [0.4, 0.5) is 5.69 Å². The number of ketones is 1. The van der Waals surface area contributed by atoms with Crippen molar-refractivity contribution >= 4 is 50.7 Å². The maximum Gasteiger partial charge on any atom is 0.340 e. The summed E-state index contributed by atoms with van der Waals surface area (Å²) in [6.07, 6.45) is 6.22. The monoisotopic (exact) mass is 565 g/mol. The summed E-state index contributed by atoms with van der Waals surface area (Å²) in [5, 5.41) is -0.207. The second kappa shape index (κ2) is 10.1. The number of Topliss-reactive ketones (excluding diaryl/α,β-unsaturated/α-hetero) is 1. The van der Waals surface area contributed by atoms with Crippen LogP contribution in [0, 0.1) is 23.2 Å². The van der Waals surface area contributed by atoms with Crippen LogP contribution in [-0.2, 0) is 19.6 Å². The molecule has 2 aromatic carbocycles. The molecule has 4 fully saturated rings. The first-order valence-electron chi connectivity index (χ1n) is 12.5. The van der Waals surface area contributed by atoms with Gasteiger partial charge in [0.15, 0.2) is 12.4 Å². The highest BCUT2D eigenvalue weighted by atomic mass is 35.5. The van der Waals surface area contributed by atoms with E-state index >= 15 is 0 Å². The highest BCUT2D eigenvalue weighted by Crippen LogP contribution is 2.60. The Labute approximate surface area is 226 Å². The van der Waals surface area contributed by atoms with Gasteiger partial charge in [-0.15, -0.1) is 0 Å². The van der Waals surface area contributed by atoms with E-state index in [1.54, 1.807) is 24.3 Å². The second-order valence-corrected chi connectivity index (χ2v) is 13.0. The van der Waals surface area contributed by atoms with Crippen molar-refractivity contribution in [3.8, 4) is 5.75 Å². The van der Waals surface area contributed by atoms with Gasteiger partial charge in [-0.05, 0) is 99.6 Å². The van der Waals surface area contributed by atoms with E-state index in [0.29, 0.717) is 35.8 Å². The molecule has 0 heterocycles. The summed E-state index contributed by atoms with van der Waals surface area (Å²) in [4.78, 5) is 25.8. The van der Waals surface area contributed by atoms with Crippen molar-refractivity contribution in [2.75, 3.05) is 17.9 Å². The number of esters is 1. The van der Waals surface area contributed by atoms with Crippen LogP contribution in [0.2, 0.25) is 10.0 Å². The van der Waals surface area contributed by atoms with E-state index in [1.165, 1.54) is 25.3 Å². The largest absolute Gasteiger partial charge is 0.494 e. The van der Waals surface area contributed by atoms with Gasteiger partial charge in [-0.2, -0.15) is 0 Å². The van der Waals surface area contributed by atoms with Crippen molar-refractivity contribution in [2.24, 2.45) is 23.2 Å². The van der Waals surface area contributed by atoms with E-state index in [-0.39, 0.29) is 32.9 Å². The zero-order chi connectivity index (χ0) is 26.4. The first kappa shape index (κ1) is 26.3. The van der Waals surface area contributed by atoms with E-state index in [0.717, 1.165) is 25.3 Å². The Morgan fingerprint density at radius 3 is 2.14 bits per heavy atom. The van der Waals surface area contributed by atoms with Gasteiger partial charge in [0, 0.05) is 11.1 Å². The second-order valence-electron chi connectivity index (χ2n) is 10.5. The van der Waals surface area contributed by atoms with Crippen LogP contribution in [0.5, 0.6) is 5.75 Å². The van der Waals surface area contributed by atoms with Gasteiger partial charge in [-0.25, -0.2) is 13.2 Å². The molecular weight excluding hydrogens is 537 g/mol. The summed E-state index contributed by atoms with van der Waals surface area (Å²) in [6, 6.07) is 8.64. The molecule has 6 rings (SSSR count). The molecule has 1 N–H and O–H groups in total. The van der Waals surface area contributed by atoms with Crippen LogP contribution in [0.15, 0.2) is 41.3 Å². The Morgan fingerprint density at radius 2 is 1.57 bits per heavy atom. The molecule has 198 valence electrons. The van der Waals surface area contributed by atoms with Crippen molar-refractivity contribution in [3.63, 3.8) is 0 Å². The molecule has 4 aliphatic rings. The quantitative estimate of drug-likeness (QED) is 0.367. The minimum Gasteiger partial charge on any atom is -0.494 e. The molecular formula is C27H29Cl2NO6S. The number of hydrogen-bond acceptors (Lipinski definition) is 6. The van der Waals surface area contributed by atoms with E-state index < -0.39 is 21.4 Å². The zero-order valence-corrected chi connectivity index (χ0v) is 22.8. The Kier molecular flexibility index (Phi) is 7.20. The minimum absolute atomic E-state index is 0.0463. The number of rotatable bonds is 9. The number of halogens is 2. The third-order valence-corrected chi connectivity index (χ3v) is 10.1. The van der Waals surface area contributed by atoms with Crippen molar-refractivity contribution in [3.05, 3.63) is 52.0 Å². The van der Waals surface area contributed by atoms with E-state index in [4.69, 9.17) is 32.7 Å². The van der Waals surface area contributed by atoms with Crippen molar-refractivity contribution in [1.29, 1.82) is 0 Å². The molecule has 7 nitrogen and oxygen atoms in total. The maximum absolute atomic E-state index is 13.2. The topological polar surface area (TPSA) is 98.8 Å². The normalized spacial score (nSPS) is 26.1. The number of nitrogens with one attached hydrogen (secondary N) is 1. The van der Waals surface area contributed by atoms with Crippen LogP contribution in [0.25, 0.3) is 0 Å². The van der Waals surface area contributed by atoms with E-state index in [2.05, 4.69) is 4.72 Å². The Hall–Kier alpha value is -2.29. The summed E-state index contributed by atoms with van der Waals surface area (Å²) >= 11 is 12.4. The van der Waals surface area contributed by atoms with Gasteiger partial charge in [-0.1, -0.05) is 23.2 Å². The lowest BCUT2D eigenvalue weighted by Gasteiger charge is -2.55. The van der Waals surface area contributed by atoms with Gasteiger partial charge >= 0.3 is 5.97 Å². The molecule has 0 aromatic heterocycles. The lowest BCUT2D eigenvalue weighted by atomic mass is 9.48. The lowest BCUT2D eigenvalue weighted by molar-refractivity contribution is -0.147. The third-order valence-electron chi connectivity index (χ3n) is 7.91. The minimum atomic E-state index is -4.16. The SMILES string of the molecule is CCOc1ccc(NS(=O)(=O)c2cc(C(=O)OCC(=O)C34CC5CC(CC(C5)C3)C4)c(Cl)cc2Cl)cc1. The molecule has 0 spiro atoms. The number of benzene rings is 2. The number of hydrogen-bond donors (Lipinski definition) is 1. The summed E-state index contributed by atoms with van der Waals surface area (Å²) in [5.41, 5.74) is -0.272. The molecule has 0 amide bonds. The van der Waals surface area contributed by atoms with E-state index in [9.17, 15) is 18.0 Å². The number of carbonyl (C=O) groups is 2. The molecule has 0 atom stereocenters. The van der Waals surface area contributed by atoms with Crippen LogP contribution in [0.3, 0.4) is 0 Å². The van der Waals surface area contributed by atoms with Crippen LogP contribution >= 0.6 is 23.2 Å². The van der Waals surface area contributed by atoms with Gasteiger partial charge < -0.3 is 9.47 Å². The first-order chi connectivity index (χ1) is 17.6. The van der Waals surface area contributed by atoms with E-state index in [1.807, 2.05) is 6.92 Å². The lowest BCUT2D eigenvalue weighted by Crippen LogP contribution is -2.51. The van der Waals surface area contributed by atoms with Crippen molar-refractivity contribution in [2.45, 2.75) is 50.3 Å². The molecule has 0 unspecified atom stereocenters. The van der Waals surface area contributed by atoms with Gasteiger partial charge in [0.1, 0.15) is 10.6 Å². The average molecular weight is 567 g/mol. The van der Waals surface area contributed by atoms with Crippen molar-refractivity contribution < 1.29 is 27.5 Å². The number of sulfonamides is 1. The summed E-state index contributed by atoms with van der Waals surface area (Å²) < 4.78 is 39.3. The zero-order valence-electron chi connectivity index (χ0n) is 20.5. The summed E-state index contributed by atoms with van der Waals surface area (Å²) in [6.45, 7) is 1.98. The Morgan fingerprint density at radius 1 is 0.973 bits per heavy atom. The highest BCUT2D eigenvalue weighted by Gasteiger charge is 2.54.